The largest absolute Gasteiger partial charge is 0.344 e. The SMILES string of the molecule is CC[n+]1ccc(/C=C2/C=Cc3cc(C)ccc3N2C)cc1. The molecule has 2 heteroatoms. The molecule has 0 fully saturated rings. The van der Waals surface area contributed by atoms with Gasteiger partial charge in [-0.1, -0.05) is 17.7 Å². The number of benzene rings is 1. The fourth-order valence-electron chi connectivity index (χ4n) is 2.63. The van der Waals surface area contributed by atoms with Gasteiger partial charge < -0.3 is 4.90 Å². The molecule has 0 bridgehead atoms. The van der Waals surface area contributed by atoms with E-state index in [2.05, 4.69) is 91.3 Å². The third-order valence-corrected chi connectivity index (χ3v) is 3.96. The van der Waals surface area contributed by atoms with Crippen molar-refractivity contribution < 1.29 is 4.57 Å². The maximum atomic E-state index is 2.25. The first-order valence-electron chi connectivity index (χ1n) is 7.40. The number of hydrogen-bond acceptors (Lipinski definition) is 1. The normalized spacial score (nSPS) is 15.4. The van der Waals surface area contributed by atoms with Crippen LogP contribution in [0.25, 0.3) is 12.2 Å². The number of fused-ring (bicyclic) bond motifs is 1. The number of likely N-dealkylation sites (N-methyl/N-ethyl adjacent to an activating group) is 1. The number of allylic oxidation sites excluding steroid dienone is 1. The average molecular weight is 277 g/mol. The maximum absolute atomic E-state index is 2.25. The molecule has 1 aromatic heterocycles. The molecule has 0 saturated heterocycles. The fourth-order valence-corrected chi connectivity index (χ4v) is 2.63. The van der Waals surface area contributed by atoms with Gasteiger partial charge in [-0.3, -0.25) is 0 Å². The molecule has 0 unspecified atom stereocenters. The van der Waals surface area contributed by atoms with Gasteiger partial charge in [-0.25, -0.2) is 4.57 Å². The summed E-state index contributed by atoms with van der Waals surface area (Å²) in [5, 5.41) is 0. The maximum Gasteiger partial charge on any atom is 0.169 e. The van der Waals surface area contributed by atoms with Crippen LogP contribution in [0.2, 0.25) is 0 Å². The molecule has 0 aliphatic carbocycles. The Morgan fingerprint density at radius 3 is 2.57 bits per heavy atom. The Bertz CT molecular complexity index is 709. The number of aromatic nitrogens is 1. The van der Waals surface area contributed by atoms with E-state index in [0.717, 1.165) is 6.54 Å². The molecule has 3 rings (SSSR count). The smallest absolute Gasteiger partial charge is 0.169 e. The summed E-state index contributed by atoms with van der Waals surface area (Å²) < 4.78 is 2.17. The van der Waals surface area contributed by atoms with E-state index in [1.807, 2.05) is 0 Å². The molecular formula is C19H21N2+. The number of pyridine rings is 1. The van der Waals surface area contributed by atoms with Crippen LogP contribution in [-0.4, -0.2) is 7.05 Å². The Labute approximate surface area is 126 Å². The number of aryl methyl sites for hydroxylation is 2. The van der Waals surface area contributed by atoms with Gasteiger partial charge in [0.1, 0.15) is 6.54 Å². The lowest BCUT2D eigenvalue weighted by molar-refractivity contribution is -0.693. The Morgan fingerprint density at radius 1 is 1.10 bits per heavy atom. The molecule has 0 radical (unpaired) electrons. The lowest BCUT2D eigenvalue weighted by atomic mass is 10.0. The summed E-state index contributed by atoms with van der Waals surface area (Å²) in [4.78, 5) is 2.25. The van der Waals surface area contributed by atoms with E-state index < -0.39 is 0 Å². The number of nitrogens with zero attached hydrogens (tertiary/aromatic N) is 2. The van der Waals surface area contributed by atoms with Crippen LogP contribution < -0.4 is 9.47 Å². The van der Waals surface area contributed by atoms with Crippen LogP contribution in [0, 0.1) is 6.92 Å². The second-order valence-corrected chi connectivity index (χ2v) is 5.49. The number of hydrogen-bond donors (Lipinski definition) is 0. The predicted octanol–water partition coefficient (Wildman–Crippen LogP) is 3.81. The molecule has 21 heavy (non-hydrogen) atoms. The average Bonchev–Trinajstić information content (AvgIpc) is 2.51. The van der Waals surface area contributed by atoms with Crippen molar-refractivity contribution in [3.05, 3.63) is 71.2 Å². The summed E-state index contributed by atoms with van der Waals surface area (Å²) in [5.41, 5.74) is 6.27. The molecule has 0 saturated carbocycles. The Balaban J connectivity index is 1.93. The van der Waals surface area contributed by atoms with Crippen LogP contribution >= 0.6 is 0 Å². The molecule has 0 amide bonds. The zero-order valence-electron chi connectivity index (χ0n) is 12.9. The standard InChI is InChI=1S/C19H21N2/c1-4-21-11-9-16(10-12-21)14-18-7-6-17-13-15(2)5-8-19(17)20(18)3/h5-14H,4H2,1-3H3/q+1. The molecule has 1 aliphatic rings. The van der Waals surface area contributed by atoms with Crippen LogP contribution in [0.15, 0.2) is 54.5 Å². The quantitative estimate of drug-likeness (QED) is 0.757. The zero-order chi connectivity index (χ0) is 14.8. The summed E-state index contributed by atoms with van der Waals surface area (Å²) in [6.45, 7) is 5.28. The molecule has 0 spiro atoms. The van der Waals surface area contributed by atoms with Crippen LogP contribution in [0.4, 0.5) is 5.69 Å². The topological polar surface area (TPSA) is 7.12 Å². The van der Waals surface area contributed by atoms with E-state index in [0.29, 0.717) is 0 Å². The first-order chi connectivity index (χ1) is 10.2. The fraction of sp³-hybridized carbons (Fsp3) is 0.211. The highest BCUT2D eigenvalue weighted by Crippen LogP contribution is 2.30. The summed E-state index contributed by atoms with van der Waals surface area (Å²) in [6, 6.07) is 10.9. The highest BCUT2D eigenvalue weighted by atomic mass is 15.1. The lowest BCUT2D eigenvalue weighted by Gasteiger charge is -2.26. The molecule has 2 nitrogen and oxygen atoms in total. The van der Waals surface area contributed by atoms with Gasteiger partial charge in [0.15, 0.2) is 12.4 Å². The summed E-state index contributed by atoms with van der Waals surface area (Å²) >= 11 is 0. The van der Waals surface area contributed by atoms with Gasteiger partial charge in [-0.2, -0.15) is 0 Å². The van der Waals surface area contributed by atoms with Crippen molar-refractivity contribution in [2.45, 2.75) is 20.4 Å². The molecule has 1 aromatic carbocycles. The summed E-state index contributed by atoms with van der Waals surface area (Å²) in [7, 11) is 2.12. The highest BCUT2D eigenvalue weighted by Gasteiger charge is 2.13. The van der Waals surface area contributed by atoms with E-state index in [-0.39, 0.29) is 0 Å². The van der Waals surface area contributed by atoms with Gasteiger partial charge in [0.05, 0.1) is 0 Å². The van der Waals surface area contributed by atoms with Crippen molar-refractivity contribution in [3.63, 3.8) is 0 Å². The van der Waals surface area contributed by atoms with E-state index in [1.165, 1.54) is 28.1 Å². The highest BCUT2D eigenvalue weighted by molar-refractivity contribution is 5.79. The first kappa shape index (κ1) is 13.6. The van der Waals surface area contributed by atoms with E-state index in [4.69, 9.17) is 0 Å². The number of rotatable bonds is 2. The van der Waals surface area contributed by atoms with Gasteiger partial charge in [0.25, 0.3) is 0 Å². The molecule has 2 aromatic rings. The molecule has 0 N–H and O–H groups in total. The zero-order valence-corrected chi connectivity index (χ0v) is 12.9. The molecule has 1 aliphatic heterocycles. The molecule has 2 heterocycles. The van der Waals surface area contributed by atoms with Gasteiger partial charge in [0, 0.05) is 30.6 Å². The minimum absolute atomic E-state index is 1.00. The van der Waals surface area contributed by atoms with Gasteiger partial charge in [-0.15, -0.1) is 0 Å². The van der Waals surface area contributed by atoms with E-state index in [9.17, 15) is 0 Å². The third kappa shape index (κ3) is 2.75. The summed E-state index contributed by atoms with van der Waals surface area (Å²) in [5.74, 6) is 0. The van der Waals surface area contributed by atoms with Crippen molar-refractivity contribution in [1.82, 2.24) is 0 Å². The Hall–Kier alpha value is -2.35. The monoisotopic (exact) mass is 277 g/mol. The minimum atomic E-state index is 1.00. The number of anilines is 1. The minimum Gasteiger partial charge on any atom is -0.344 e. The Kier molecular flexibility index (Phi) is 3.61. The second kappa shape index (κ2) is 5.57. The van der Waals surface area contributed by atoms with Crippen molar-refractivity contribution >= 4 is 17.8 Å². The molecule has 0 atom stereocenters. The van der Waals surface area contributed by atoms with Gasteiger partial charge in [-0.05, 0) is 49.3 Å². The first-order valence-corrected chi connectivity index (χ1v) is 7.40. The van der Waals surface area contributed by atoms with Crippen LogP contribution in [0.3, 0.4) is 0 Å². The van der Waals surface area contributed by atoms with Gasteiger partial charge >= 0.3 is 0 Å². The second-order valence-electron chi connectivity index (χ2n) is 5.49. The van der Waals surface area contributed by atoms with Crippen LogP contribution in [0.5, 0.6) is 0 Å². The van der Waals surface area contributed by atoms with Crippen LogP contribution in [0.1, 0.15) is 23.6 Å². The van der Waals surface area contributed by atoms with E-state index >= 15 is 0 Å². The summed E-state index contributed by atoms with van der Waals surface area (Å²) in [6.07, 6.45) is 10.8. The third-order valence-electron chi connectivity index (χ3n) is 3.96. The van der Waals surface area contributed by atoms with Crippen molar-refractivity contribution in [3.8, 4) is 0 Å². The molecule has 106 valence electrons. The molecular weight excluding hydrogens is 256 g/mol. The predicted molar refractivity (Wildman–Crippen MR) is 88.9 cm³/mol. The lowest BCUT2D eigenvalue weighted by Crippen LogP contribution is -2.30. The van der Waals surface area contributed by atoms with Crippen molar-refractivity contribution in [2.24, 2.45) is 0 Å². The van der Waals surface area contributed by atoms with Gasteiger partial charge in [0.2, 0.25) is 0 Å². The van der Waals surface area contributed by atoms with E-state index in [1.54, 1.807) is 0 Å². The van der Waals surface area contributed by atoms with Crippen LogP contribution in [-0.2, 0) is 6.54 Å². The van der Waals surface area contributed by atoms with Crippen molar-refractivity contribution in [1.29, 1.82) is 0 Å². The Morgan fingerprint density at radius 2 is 1.86 bits per heavy atom. The van der Waals surface area contributed by atoms with Crippen molar-refractivity contribution in [2.75, 3.05) is 11.9 Å².